The van der Waals surface area contributed by atoms with Crippen molar-refractivity contribution in [3.05, 3.63) is 43.0 Å². The summed E-state index contributed by atoms with van der Waals surface area (Å²) in [7, 11) is 0. The maximum Gasteiger partial charge on any atom is 0.239 e. The van der Waals surface area contributed by atoms with Crippen molar-refractivity contribution in [1.82, 2.24) is 25.1 Å². The molecule has 26 heavy (non-hydrogen) atoms. The largest absolute Gasteiger partial charge is 0.379 e. The number of hydrogen-bond acceptors (Lipinski definition) is 7. The highest BCUT2D eigenvalue weighted by Gasteiger charge is 2.14. The Morgan fingerprint density at radius 2 is 1.96 bits per heavy atom. The maximum absolute atomic E-state index is 12.2. The van der Waals surface area contributed by atoms with E-state index in [4.69, 9.17) is 4.74 Å². The molecule has 1 amide bonds. The minimum Gasteiger partial charge on any atom is -0.379 e. The van der Waals surface area contributed by atoms with Crippen molar-refractivity contribution < 1.29 is 9.53 Å². The van der Waals surface area contributed by atoms with E-state index >= 15 is 0 Å². The monoisotopic (exact) mass is 350 g/mol. The molecule has 1 fully saturated rings. The third-order valence-corrected chi connectivity index (χ3v) is 4.22. The lowest BCUT2D eigenvalue weighted by Crippen LogP contribution is -2.41. The summed E-state index contributed by atoms with van der Waals surface area (Å²) in [6.07, 6.45) is 6.77. The van der Waals surface area contributed by atoms with E-state index in [1.165, 1.54) is 0 Å². The number of nitrogens with zero attached hydrogens (tertiary/aromatic N) is 5. The number of morpholine rings is 1. The molecule has 0 spiro atoms. The van der Waals surface area contributed by atoms with Crippen LogP contribution in [0.2, 0.25) is 0 Å². The number of fused-ring (bicyclic) bond motifs is 1. The van der Waals surface area contributed by atoms with Gasteiger partial charge in [-0.3, -0.25) is 14.7 Å². The van der Waals surface area contributed by atoms with Gasteiger partial charge in [-0.15, -0.1) is 0 Å². The lowest BCUT2D eigenvalue weighted by atomic mass is 10.1. The van der Waals surface area contributed by atoms with Gasteiger partial charge in [-0.25, -0.2) is 4.98 Å². The third-order valence-electron chi connectivity index (χ3n) is 4.22. The SMILES string of the molecule is O=C(CN1CCOCC1)Nc1cc2cc(-c3ccnnc3)cnc2cn1. The highest BCUT2D eigenvalue weighted by Crippen LogP contribution is 2.22. The van der Waals surface area contributed by atoms with Crippen molar-refractivity contribution in [2.24, 2.45) is 0 Å². The standard InChI is InChI=1S/C18H18N6O2/c25-18(12-24-3-5-26-6-4-24)23-17-8-14-7-15(9-19-16(14)11-20-17)13-1-2-21-22-10-13/h1-2,7-11H,3-6,12H2,(H,20,23,25). The van der Waals surface area contributed by atoms with Crippen molar-refractivity contribution in [2.45, 2.75) is 0 Å². The molecule has 0 saturated carbocycles. The van der Waals surface area contributed by atoms with E-state index in [1.807, 2.05) is 18.2 Å². The summed E-state index contributed by atoms with van der Waals surface area (Å²) in [5.74, 6) is 0.434. The molecule has 132 valence electrons. The minimum atomic E-state index is -0.0822. The Morgan fingerprint density at radius 1 is 1.08 bits per heavy atom. The summed E-state index contributed by atoms with van der Waals surface area (Å²) in [6, 6.07) is 5.71. The second-order valence-electron chi connectivity index (χ2n) is 6.05. The summed E-state index contributed by atoms with van der Waals surface area (Å²) >= 11 is 0. The Kier molecular flexibility index (Phi) is 4.76. The molecule has 0 aromatic carbocycles. The summed E-state index contributed by atoms with van der Waals surface area (Å²) in [5, 5.41) is 11.4. The topological polar surface area (TPSA) is 93.1 Å². The predicted octanol–water partition coefficient (Wildman–Crippen LogP) is 1.36. The summed E-state index contributed by atoms with van der Waals surface area (Å²) in [6.45, 7) is 3.21. The molecule has 0 radical (unpaired) electrons. The Bertz CT molecular complexity index is 912. The van der Waals surface area contributed by atoms with E-state index < -0.39 is 0 Å². The van der Waals surface area contributed by atoms with Gasteiger partial charge in [-0.1, -0.05) is 0 Å². The Morgan fingerprint density at radius 3 is 2.77 bits per heavy atom. The number of anilines is 1. The molecule has 4 heterocycles. The normalized spacial score (nSPS) is 15.1. The molecule has 3 aromatic heterocycles. The number of carbonyl (C=O) groups is 1. The van der Waals surface area contributed by atoms with Crippen LogP contribution in [0.3, 0.4) is 0 Å². The first-order valence-corrected chi connectivity index (χ1v) is 8.41. The van der Waals surface area contributed by atoms with Gasteiger partial charge in [0.2, 0.25) is 5.91 Å². The van der Waals surface area contributed by atoms with Crippen molar-refractivity contribution in [2.75, 3.05) is 38.2 Å². The summed E-state index contributed by atoms with van der Waals surface area (Å²) in [5.41, 5.74) is 2.63. The smallest absolute Gasteiger partial charge is 0.239 e. The molecule has 1 aliphatic heterocycles. The third kappa shape index (κ3) is 3.81. The van der Waals surface area contributed by atoms with Crippen molar-refractivity contribution in [1.29, 1.82) is 0 Å². The summed E-state index contributed by atoms with van der Waals surface area (Å²) in [4.78, 5) is 23.0. The molecular weight excluding hydrogens is 332 g/mol. The van der Waals surface area contributed by atoms with Gasteiger partial charge in [0.15, 0.2) is 0 Å². The molecule has 1 saturated heterocycles. The molecular formula is C18H18N6O2. The molecule has 8 nitrogen and oxygen atoms in total. The van der Waals surface area contributed by atoms with E-state index in [2.05, 4.69) is 30.4 Å². The van der Waals surface area contributed by atoms with Gasteiger partial charge in [0.25, 0.3) is 0 Å². The maximum atomic E-state index is 12.2. The molecule has 8 heteroatoms. The van der Waals surface area contributed by atoms with E-state index in [0.717, 1.165) is 35.1 Å². The molecule has 4 rings (SSSR count). The highest BCUT2D eigenvalue weighted by molar-refractivity contribution is 5.93. The van der Waals surface area contributed by atoms with Gasteiger partial charge in [-0.2, -0.15) is 10.2 Å². The Hall–Kier alpha value is -2.97. The lowest BCUT2D eigenvalue weighted by Gasteiger charge is -2.25. The van der Waals surface area contributed by atoms with Gasteiger partial charge in [-0.05, 0) is 18.2 Å². The van der Waals surface area contributed by atoms with Crippen LogP contribution in [-0.2, 0) is 9.53 Å². The minimum absolute atomic E-state index is 0.0822. The Labute approximate surface area is 150 Å². The number of hydrogen-bond donors (Lipinski definition) is 1. The van der Waals surface area contributed by atoms with Crippen molar-refractivity contribution in [3.8, 4) is 11.1 Å². The van der Waals surface area contributed by atoms with Crippen LogP contribution in [0, 0.1) is 0 Å². The van der Waals surface area contributed by atoms with Crippen LogP contribution in [0.1, 0.15) is 0 Å². The van der Waals surface area contributed by atoms with Gasteiger partial charge in [0.05, 0.1) is 43.9 Å². The van der Waals surface area contributed by atoms with E-state index in [-0.39, 0.29) is 5.91 Å². The van der Waals surface area contributed by atoms with Crippen LogP contribution < -0.4 is 5.32 Å². The number of pyridine rings is 2. The number of ether oxygens (including phenoxy) is 1. The van der Waals surface area contributed by atoms with Gasteiger partial charge < -0.3 is 10.1 Å². The van der Waals surface area contributed by atoms with E-state index in [9.17, 15) is 4.79 Å². The first-order valence-electron chi connectivity index (χ1n) is 8.41. The number of aromatic nitrogens is 4. The average molecular weight is 350 g/mol. The van der Waals surface area contributed by atoms with Gasteiger partial charge >= 0.3 is 0 Å². The van der Waals surface area contributed by atoms with Crippen LogP contribution in [-0.4, -0.2) is 63.8 Å². The number of rotatable bonds is 4. The number of nitrogens with one attached hydrogen (secondary N) is 1. The Balaban J connectivity index is 1.51. The first kappa shape index (κ1) is 16.5. The summed E-state index contributed by atoms with van der Waals surface area (Å²) < 4.78 is 5.29. The number of carbonyl (C=O) groups excluding carboxylic acids is 1. The van der Waals surface area contributed by atoms with Crippen molar-refractivity contribution >= 4 is 22.6 Å². The molecule has 1 aliphatic rings. The zero-order valence-corrected chi connectivity index (χ0v) is 14.1. The zero-order valence-electron chi connectivity index (χ0n) is 14.1. The second-order valence-corrected chi connectivity index (χ2v) is 6.05. The number of amides is 1. The predicted molar refractivity (Wildman–Crippen MR) is 96.5 cm³/mol. The lowest BCUT2D eigenvalue weighted by molar-refractivity contribution is -0.118. The fourth-order valence-electron chi connectivity index (χ4n) is 2.86. The molecule has 0 unspecified atom stereocenters. The van der Waals surface area contributed by atoms with E-state index in [1.54, 1.807) is 24.8 Å². The van der Waals surface area contributed by atoms with Crippen LogP contribution in [0.5, 0.6) is 0 Å². The van der Waals surface area contributed by atoms with Crippen LogP contribution in [0.25, 0.3) is 22.0 Å². The molecule has 0 aliphatic carbocycles. The molecule has 1 N–H and O–H groups in total. The van der Waals surface area contributed by atoms with Gasteiger partial charge in [0.1, 0.15) is 5.82 Å². The van der Waals surface area contributed by atoms with Crippen molar-refractivity contribution in [3.63, 3.8) is 0 Å². The quantitative estimate of drug-likeness (QED) is 0.759. The molecule has 0 bridgehead atoms. The van der Waals surface area contributed by atoms with Crippen LogP contribution in [0.4, 0.5) is 5.82 Å². The second kappa shape index (κ2) is 7.51. The average Bonchev–Trinajstić information content (AvgIpc) is 2.69. The fourth-order valence-corrected chi connectivity index (χ4v) is 2.86. The fraction of sp³-hybridized carbons (Fsp3) is 0.278. The zero-order chi connectivity index (χ0) is 17.8. The highest BCUT2D eigenvalue weighted by atomic mass is 16.5. The van der Waals surface area contributed by atoms with Crippen LogP contribution in [0.15, 0.2) is 43.0 Å². The van der Waals surface area contributed by atoms with Gasteiger partial charge in [0, 0.05) is 35.8 Å². The first-order chi connectivity index (χ1) is 12.8. The van der Waals surface area contributed by atoms with Crippen LogP contribution >= 0.6 is 0 Å². The van der Waals surface area contributed by atoms with E-state index in [0.29, 0.717) is 25.6 Å². The molecule has 3 aromatic rings. The molecule has 0 atom stereocenters.